The number of halogens is 1. The highest BCUT2D eigenvalue weighted by Crippen LogP contribution is 2.31. The lowest BCUT2D eigenvalue weighted by molar-refractivity contribution is -0.116. The van der Waals surface area contributed by atoms with Gasteiger partial charge in [0.1, 0.15) is 11.6 Å². The minimum Gasteiger partial charge on any atom is -0.310 e. The topological polar surface area (TPSA) is 64.0 Å². The first-order valence-corrected chi connectivity index (χ1v) is 8.59. The number of hydrogen-bond donors (Lipinski definition) is 1. The maximum Gasteiger partial charge on any atom is 0.225 e. The van der Waals surface area contributed by atoms with Gasteiger partial charge in [-0.3, -0.25) is 9.00 Å². The molecule has 1 amide bonds. The molecule has 1 aliphatic rings. The molecule has 7 heteroatoms. The van der Waals surface area contributed by atoms with Gasteiger partial charge in [0.2, 0.25) is 5.91 Å². The lowest BCUT2D eigenvalue weighted by Crippen LogP contribution is -2.15. The van der Waals surface area contributed by atoms with Gasteiger partial charge < -0.3 is 5.32 Å². The molecule has 2 aromatic rings. The molecule has 0 bridgehead atoms. The highest BCUT2D eigenvalue weighted by molar-refractivity contribution is 7.83. The van der Waals surface area contributed by atoms with Gasteiger partial charge in [-0.1, -0.05) is 6.92 Å². The van der Waals surface area contributed by atoms with Crippen LogP contribution in [0.2, 0.25) is 0 Å². The van der Waals surface area contributed by atoms with Crippen LogP contribution in [0.25, 0.3) is 5.69 Å². The summed E-state index contributed by atoms with van der Waals surface area (Å²) in [6.45, 7) is 1.93. The maximum atomic E-state index is 13.1. The van der Waals surface area contributed by atoms with Crippen LogP contribution in [0.1, 0.15) is 31.0 Å². The second kappa shape index (κ2) is 6.00. The van der Waals surface area contributed by atoms with Crippen LogP contribution in [-0.2, 0) is 27.1 Å². The predicted molar refractivity (Wildman–Crippen MR) is 82.6 cm³/mol. The Labute approximate surface area is 130 Å². The summed E-state index contributed by atoms with van der Waals surface area (Å²) < 4.78 is 26.4. The third-order valence-electron chi connectivity index (χ3n) is 3.48. The molecule has 3 rings (SSSR count). The molecule has 0 radical (unpaired) electrons. The molecule has 0 aliphatic carbocycles. The van der Waals surface area contributed by atoms with Gasteiger partial charge in [-0.25, -0.2) is 9.07 Å². The molecule has 1 atom stereocenters. The molecule has 0 fully saturated rings. The molecule has 1 aliphatic heterocycles. The Morgan fingerprint density at radius 3 is 2.77 bits per heavy atom. The van der Waals surface area contributed by atoms with E-state index < -0.39 is 10.8 Å². The fraction of sp³-hybridized carbons (Fsp3) is 0.333. The maximum absolute atomic E-state index is 13.1. The number of anilines is 1. The van der Waals surface area contributed by atoms with E-state index in [1.165, 1.54) is 12.1 Å². The molecular formula is C15H16FN3O2S. The highest BCUT2D eigenvalue weighted by atomic mass is 32.2. The Kier molecular flexibility index (Phi) is 4.06. The van der Waals surface area contributed by atoms with Crippen molar-refractivity contribution in [2.75, 3.05) is 5.32 Å². The van der Waals surface area contributed by atoms with Gasteiger partial charge in [-0.15, -0.1) is 0 Å². The lowest BCUT2D eigenvalue weighted by Gasteiger charge is -2.10. The van der Waals surface area contributed by atoms with Crippen molar-refractivity contribution in [2.24, 2.45) is 0 Å². The Morgan fingerprint density at radius 1 is 1.36 bits per heavy atom. The Morgan fingerprint density at radius 2 is 2.09 bits per heavy atom. The molecule has 1 N–H and O–H groups in total. The largest absolute Gasteiger partial charge is 0.310 e. The van der Waals surface area contributed by atoms with E-state index in [1.807, 2.05) is 6.92 Å². The van der Waals surface area contributed by atoms with Gasteiger partial charge in [0.25, 0.3) is 0 Å². The number of benzene rings is 1. The number of aromatic nitrogens is 2. The molecular weight excluding hydrogens is 305 g/mol. The van der Waals surface area contributed by atoms with Crippen LogP contribution < -0.4 is 5.32 Å². The van der Waals surface area contributed by atoms with Crippen LogP contribution in [0.15, 0.2) is 24.3 Å². The van der Waals surface area contributed by atoms with Crippen molar-refractivity contribution >= 4 is 22.5 Å². The number of carbonyl (C=O) groups excluding carboxylic acids is 1. The lowest BCUT2D eigenvalue weighted by atomic mass is 10.2. The highest BCUT2D eigenvalue weighted by Gasteiger charge is 2.28. The average molecular weight is 321 g/mol. The fourth-order valence-electron chi connectivity index (χ4n) is 2.45. The molecule has 0 saturated carbocycles. The summed E-state index contributed by atoms with van der Waals surface area (Å²) in [7, 11) is -0.973. The molecule has 1 aromatic heterocycles. The Balaban J connectivity index is 2.02. The molecule has 0 saturated heterocycles. The first-order valence-electron chi connectivity index (χ1n) is 7.10. The van der Waals surface area contributed by atoms with E-state index >= 15 is 0 Å². The summed E-state index contributed by atoms with van der Waals surface area (Å²) >= 11 is 0. The van der Waals surface area contributed by atoms with Crippen LogP contribution in [0.3, 0.4) is 0 Å². The summed E-state index contributed by atoms with van der Waals surface area (Å²) in [6, 6.07) is 5.89. The minimum absolute atomic E-state index is 0.105. The van der Waals surface area contributed by atoms with E-state index in [1.54, 1.807) is 16.8 Å². The molecule has 5 nitrogen and oxygen atoms in total. The van der Waals surface area contributed by atoms with Gasteiger partial charge in [-0.2, -0.15) is 5.10 Å². The Bertz CT molecular complexity index is 740. The van der Waals surface area contributed by atoms with E-state index in [-0.39, 0.29) is 11.7 Å². The normalized spacial score (nSPS) is 16.5. The van der Waals surface area contributed by atoms with E-state index in [9.17, 15) is 13.4 Å². The van der Waals surface area contributed by atoms with Crippen LogP contribution in [0, 0.1) is 5.82 Å². The zero-order valence-electron chi connectivity index (χ0n) is 12.1. The van der Waals surface area contributed by atoms with Crippen LogP contribution in [0.4, 0.5) is 10.2 Å². The van der Waals surface area contributed by atoms with Crippen LogP contribution in [-0.4, -0.2) is 19.9 Å². The predicted octanol–water partition coefficient (Wildman–Crippen LogP) is 2.51. The summed E-state index contributed by atoms with van der Waals surface area (Å²) in [4.78, 5) is 11.9. The number of hydrogen-bond acceptors (Lipinski definition) is 3. The van der Waals surface area contributed by atoms with Gasteiger partial charge >= 0.3 is 0 Å². The number of carbonyl (C=O) groups is 1. The average Bonchev–Trinajstić information content (AvgIpc) is 2.98. The smallest absolute Gasteiger partial charge is 0.225 e. The summed E-state index contributed by atoms with van der Waals surface area (Å²) in [5.41, 5.74) is 2.20. The number of nitrogens with one attached hydrogen (secondary N) is 1. The van der Waals surface area contributed by atoms with Gasteiger partial charge in [-0.05, 0) is 30.7 Å². The van der Waals surface area contributed by atoms with E-state index in [2.05, 4.69) is 10.4 Å². The number of nitrogens with zero attached hydrogens (tertiary/aromatic N) is 2. The molecule has 1 aromatic carbocycles. The second-order valence-electron chi connectivity index (χ2n) is 5.19. The summed E-state index contributed by atoms with van der Waals surface area (Å²) in [6.07, 6.45) is 1.15. The van der Waals surface area contributed by atoms with Crippen LogP contribution >= 0.6 is 0 Å². The molecule has 22 heavy (non-hydrogen) atoms. The molecule has 2 heterocycles. The van der Waals surface area contributed by atoms with Crippen molar-refractivity contribution in [3.63, 3.8) is 0 Å². The number of rotatable bonds is 4. The van der Waals surface area contributed by atoms with Crippen molar-refractivity contribution in [1.29, 1.82) is 0 Å². The van der Waals surface area contributed by atoms with Crippen molar-refractivity contribution in [1.82, 2.24) is 9.78 Å². The van der Waals surface area contributed by atoms with Gasteiger partial charge in [0, 0.05) is 22.8 Å². The molecule has 0 spiro atoms. The molecule has 1 unspecified atom stereocenters. The quantitative estimate of drug-likeness (QED) is 0.941. The molecule has 116 valence electrons. The van der Waals surface area contributed by atoms with E-state index in [4.69, 9.17) is 0 Å². The van der Waals surface area contributed by atoms with Gasteiger partial charge in [0.05, 0.1) is 22.9 Å². The monoisotopic (exact) mass is 321 g/mol. The fourth-order valence-corrected chi connectivity index (χ4v) is 3.71. The van der Waals surface area contributed by atoms with E-state index in [0.717, 1.165) is 17.7 Å². The van der Waals surface area contributed by atoms with Crippen molar-refractivity contribution in [3.8, 4) is 5.69 Å². The number of amides is 1. The van der Waals surface area contributed by atoms with Crippen molar-refractivity contribution in [2.45, 2.75) is 31.3 Å². The third-order valence-corrected chi connectivity index (χ3v) is 4.68. The minimum atomic E-state index is -0.973. The standard InChI is InChI=1S/C15H16FN3O2S/c1-2-3-14(20)17-15-12-8-22(21)9-13(12)18-19(15)11-6-4-10(16)5-7-11/h4-7H,2-3,8-9H2,1H3,(H,17,20). The van der Waals surface area contributed by atoms with E-state index in [0.29, 0.717) is 29.4 Å². The third kappa shape index (κ3) is 2.81. The Hall–Kier alpha value is -2.02. The first-order chi connectivity index (χ1) is 10.6. The van der Waals surface area contributed by atoms with Crippen molar-refractivity contribution in [3.05, 3.63) is 41.3 Å². The van der Waals surface area contributed by atoms with Crippen LogP contribution in [0.5, 0.6) is 0 Å². The van der Waals surface area contributed by atoms with Crippen molar-refractivity contribution < 1.29 is 13.4 Å². The second-order valence-corrected chi connectivity index (χ2v) is 6.65. The first kappa shape index (κ1) is 14.9. The SMILES string of the molecule is CCCC(=O)Nc1c2c(nn1-c1ccc(F)cc1)CS(=O)C2. The van der Waals surface area contributed by atoms with Gasteiger partial charge in [0.15, 0.2) is 0 Å². The zero-order valence-corrected chi connectivity index (χ0v) is 13.0. The zero-order chi connectivity index (χ0) is 15.7. The summed E-state index contributed by atoms with van der Waals surface area (Å²) in [5, 5.41) is 7.30. The number of fused-ring (bicyclic) bond motifs is 1. The summed E-state index contributed by atoms with van der Waals surface area (Å²) in [5.74, 6) is 0.886.